The van der Waals surface area contributed by atoms with E-state index in [0.717, 1.165) is 25.7 Å². The summed E-state index contributed by atoms with van der Waals surface area (Å²) >= 11 is 0. The van der Waals surface area contributed by atoms with Crippen molar-refractivity contribution in [3.8, 4) is 0 Å². The molecule has 2 aliphatic rings. The molecule has 2 fully saturated rings. The molecule has 100 valence electrons. The normalized spacial score (nSPS) is 31.2. The van der Waals surface area contributed by atoms with E-state index in [2.05, 4.69) is 23.6 Å². The predicted octanol–water partition coefficient (Wildman–Crippen LogP) is 1.56. The van der Waals surface area contributed by atoms with Crippen LogP contribution >= 0.6 is 0 Å². The standard InChI is InChI=1S/C14H28N2O/c1-12(2)14(3,17)11-15-9-6-13(10-15)16-7-4-5-8-16/h12-13,17H,4-11H2,1-3H3. The number of nitrogens with zero attached hydrogens (tertiary/aromatic N) is 2. The van der Waals surface area contributed by atoms with Crippen LogP contribution in [0.2, 0.25) is 0 Å². The van der Waals surface area contributed by atoms with Crippen LogP contribution in [0.15, 0.2) is 0 Å². The Morgan fingerprint density at radius 2 is 1.88 bits per heavy atom. The van der Waals surface area contributed by atoms with Crippen molar-refractivity contribution in [2.75, 3.05) is 32.7 Å². The van der Waals surface area contributed by atoms with Gasteiger partial charge in [0.05, 0.1) is 5.60 Å². The quantitative estimate of drug-likeness (QED) is 0.808. The largest absolute Gasteiger partial charge is 0.389 e. The van der Waals surface area contributed by atoms with Crippen LogP contribution in [-0.2, 0) is 0 Å². The molecule has 17 heavy (non-hydrogen) atoms. The fourth-order valence-electron chi connectivity index (χ4n) is 3.00. The number of β-amino-alcohol motifs (C(OH)–C–C–N with tert-alkyl or cyclic N) is 1. The fraction of sp³-hybridized carbons (Fsp3) is 1.00. The monoisotopic (exact) mass is 240 g/mol. The van der Waals surface area contributed by atoms with E-state index in [0.29, 0.717) is 5.92 Å². The van der Waals surface area contributed by atoms with Crippen LogP contribution in [0.5, 0.6) is 0 Å². The summed E-state index contributed by atoms with van der Waals surface area (Å²) in [5, 5.41) is 10.3. The number of likely N-dealkylation sites (tertiary alicyclic amines) is 2. The number of rotatable bonds is 4. The van der Waals surface area contributed by atoms with E-state index >= 15 is 0 Å². The van der Waals surface area contributed by atoms with Crippen LogP contribution in [0.3, 0.4) is 0 Å². The number of aliphatic hydroxyl groups is 1. The van der Waals surface area contributed by atoms with Crippen molar-refractivity contribution in [3.05, 3.63) is 0 Å². The van der Waals surface area contributed by atoms with Gasteiger partial charge < -0.3 is 5.11 Å². The molecule has 2 rings (SSSR count). The average Bonchev–Trinajstić information content (AvgIpc) is 2.85. The molecule has 0 aromatic rings. The van der Waals surface area contributed by atoms with E-state index in [1.807, 2.05) is 6.92 Å². The molecule has 0 spiro atoms. The molecule has 2 aliphatic heterocycles. The lowest BCUT2D eigenvalue weighted by molar-refractivity contribution is -0.0148. The molecule has 0 aromatic carbocycles. The first-order valence-corrected chi connectivity index (χ1v) is 7.18. The van der Waals surface area contributed by atoms with Crippen molar-refractivity contribution in [1.29, 1.82) is 0 Å². The zero-order valence-corrected chi connectivity index (χ0v) is 11.7. The van der Waals surface area contributed by atoms with Crippen molar-refractivity contribution in [1.82, 2.24) is 9.80 Å². The molecule has 0 aromatic heterocycles. The van der Waals surface area contributed by atoms with Gasteiger partial charge in [-0.25, -0.2) is 0 Å². The van der Waals surface area contributed by atoms with E-state index in [9.17, 15) is 5.11 Å². The van der Waals surface area contributed by atoms with Gasteiger partial charge in [0.1, 0.15) is 0 Å². The zero-order chi connectivity index (χ0) is 12.5. The van der Waals surface area contributed by atoms with Gasteiger partial charge in [-0.1, -0.05) is 13.8 Å². The highest BCUT2D eigenvalue weighted by molar-refractivity contribution is 4.89. The molecule has 0 bridgehead atoms. The van der Waals surface area contributed by atoms with Crippen LogP contribution in [0.25, 0.3) is 0 Å². The van der Waals surface area contributed by atoms with Crippen LogP contribution in [0.4, 0.5) is 0 Å². The minimum Gasteiger partial charge on any atom is -0.389 e. The van der Waals surface area contributed by atoms with Crippen molar-refractivity contribution in [2.45, 2.75) is 51.7 Å². The molecule has 3 heteroatoms. The van der Waals surface area contributed by atoms with Crippen molar-refractivity contribution in [2.24, 2.45) is 5.92 Å². The van der Waals surface area contributed by atoms with Gasteiger partial charge in [-0.2, -0.15) is 0 Å². The molecular weight excluding hydrogens is 212 g/mol. The molecule has 2 saturated heterocycles. The Labute approximate surface area is 106 Å². The molecule has 2 unspecified atom stereocenters. The second-order valence-corrected chi connectivity index (χ2v) is 6.43. The molecule has 1 N–H and O–H groups in total. The maximum Gasteiger partial charge on any atom is 0.0768 e. The lowest BCUT2D eigenvalue weighted by atomic mass is 9.92. The van der Waals surface area contributed by atoms with Gasteiger partial charge in [0.15, 0.2) is 0 Å². The first kappa shape index (κ1) is 13.3. The lowest BCUT2D eigenvalue weighted by Crippen LogP contribution is -2.45. The van der Waals surface area contributed by atoms with Crippen molar-refractivity contribution < 1.29 is 5.11 Å². The Morgan fingerprint density at radius 1 is 1.24 bits per heavy atom. The summed E-state index contributed by atoms with van der Waals surface area (Å²) in [5.41, 5.74) is -0.542. The maximum atomic E-state index is 10.3. The second kappa shape index (κ2) is 5.25. The average molecular weight is 240 g/mol. The number of hydrogen-bond donors (Lipinski definition) is 1. The van der Waals surface area contributed by atoms with E-state index in [1.54, 1.807) is 0 Å². The molecule has 0 radical (unpaired) electrons. The van der Waals surface area contributed by atoms with Crippen LogP contribution in [0, 0.1) is 5.92 Å². The Balaban J connectivity index is 1.81. The summed E-state index contributed by atoms with van der Waals surface area (Å²) in [7, 11) is 0. The summed E-state index contributed by atoms with van der Waals surface area (Å²) in [4.78, 5) is 5.09. The van der Waals surface area contributed by atoms with E-state index in [4.69, 9.17) is 0 Å². The third kappa shape index (κ3) is 3.21. The van der Waals surface area contributed by atoms with Crippen molar-refractivity contribution in [3.63, 3.8) is 0 Å². The molecule has 3 nitrogen and oxygen atoms in total. The van der Waals surface area contributed by atoms with Crippen LogP contribution in [0.1, 0.15) is 40.0 Å². The van der Waals surface area contributed by atoms with Gasteiger partial charge in [-0.05, 0) is 51.7 Å². The van der Waals surface area contributed by atoms with Crippen LogP contribution < -0.4 is 0 Å². The molecule has 0 amide bonds. The van der Waals surface area contributed by atoms with E-state index < -0.39 is 5.60 Å². The van der Waals surface area contributed by atoms with Crippen molar-refractivity contribution >= 4 is 0 Å². The summed E-state index contributed by atoms with van der Waals surface area (Å²) in [6.07, 6.45) is 4.04. The summed E-state index contributed by atoms with van der Waals surface area (Å²) < 4.78 is 0. The smallest absolute Gasteiger partial charge is 0.0768 e. The minimum absolute atomic E-state index is 0.327. The molecule has 2 heterocycles. The Morgan fingerprint density at radius 3 is 2.47 bits per heavy atom. The van der Waals surface area contributed by atoms with Gasteiger partial charge >= 0.3 is 0 Å². The van der Waals surface area contributed by atoms with Crippen LogP contribution in [-0.4, -0.2) is 59.3 Å². The lowest BCUT2D eigenvalue weighted by Gasteiger charge is -2.33. The highest BCUT2D eigenvalue weighted by atomic mass is 16.3. The SMILES string of the molecule is CC(C)C(C)(O)CN1CCC(N2CCCC2)C1. The Bertz CT molecular complexity index is 247. The second-order valence-electron chi connectivity index (χ2n) is 6.43. The van der Waals surface area contributed by atoms with Gasteiger partial charge in [-0.3, -0.25) is 9.80 Å². The molecular formula is C14H28N2O. The molecule has 0 saturated carbocycles. The van der Waals surface area contributed by atoms with E-state index in [-0.39, 0.29) is 0 Å². The number of hydrogen-bond acceptors (Lipinski definition) is 3. The minimum atomic E-state index is -0.542. The highest BCUT2D eigenvalue weighted by Crippen LogP contribution is 2.24. The van der Waals surface area contributed by atoms with E-state index in [1.165, 1.54) is 32.4 Å². The first-order valence-electron chi connectivity index (χ1n) is 7.18. The Hall–Kier alpha value is -0.120. The fourth-order valence-corrected chi connectivity index (χ4v) is 3.00. The van der Waals surface area contributed by atoms with Gasteiger partial charge in [-0.15, -0.1) is 0 Å². The third-order valence-corrected chi connectivity index (χ3v) is 4.69. The maximum absolute atomic E-state index is 10.3. The predicted molar refractivity (Wildman–Crippen MR) is 71.1 cm³/mol. The summed E-state index contributed by atoms with van der Waals surface area (Å²) in [5.74, 6) is 0.327. The van der Waals surface area contributed by atoms with Gasteiger partial charge in [0.2, 0.25) is 0 Å². The Kier molecular flexibility index (Phi) is 4.11. The first-order chi connectivity index (χ1) is 7.99. The molecule has 2 atom stereocenters. The third-order valence-electron chi connectivity index (χ3n) is 4.69. The summed E-state index contributed by atoms with van der Waals surface area (Å²) in [6.45, 7) is 11.9. The summed E-state index contributed by atoms with van der Waals surface area (Å²) in [6, 6.07) is 0.750. The molecule has 0 aliphatic carbocycles. The van der Waals surface area contributed by atoms with Gasteiger partial charge in [0, 0.05) is 19.1 Å². The van der Waals surface area contributed by atoms with Gasteiger partial charge in [0.25, 0.3) is 0 Å². The highest BCUT2D eigenvalue weighted by Gasteiger charge is 2.34. The zero-order valence-electron chi connectivity index (χ0n) is 11.7. The topological polar surface area (TPSA) is 26.7 Å².